The van der Waals surface area contributed by atoms with Gasteiger partial charge in [0.25, 0.3) is 0 Å². The highest BCUT2D eigenvalue weighted by Gasteiger charge is 2.10. The Morgan fingerprint density at radius 3 is 2.75 bits per heavy atom. The predicted octanol–water partition coefficient (Wildman–Crippen LogP) is 3.07. The molecule has 0 aliphatic heterocycles. The number of nitrogens with two attached hydrogens (primary N) is 1. The van der Waals surface area contributed by atoms with E-state index in [0.717, 1.165) is 4.47 Å². The molecule has 0 bridgehead atoms. The molecule has 0 saturated carbocycles. The average molecular weight is 253 g/mol. The molecule has 0 heterocycles. The maximum Gasteiger partial charge on any atom is 0.139 e. The minimum atomic E-state index is -1.18. The van der Waals surface area contributed by atoms with Crippen LogP contribution in [0.5, 0.6) is 0 Å². The van der Waals surface area contributed by atoms with Gasteiger partial charge in [0, 0.05) is 21.6 Å². The van der Waals surface area contributed by atoms with E-state index in [1.54, 1.807) is 18.2 Å². The maximum atomic E-state index is 13.0. The largest absolute Gasteiger partial charge is 0.327 e. The van der Waals surface area contributed by atoms with Crippen molar-refractivity contribution in [2.24, 2.45) is 5.73 Å². The van der Waals surface area contributed by atoms with Crippen LogP contribution in [-0.4, -0.2) is 6.54 Å². The molecule has 12 heavy (non-hydrogen) atoms. The minimum Gasteiger partial charge on any atom is -0.327 e. The van der Waals surface area contributed by atoms with Gasteiger partial charge in [-0.2, -0.15) is 0 Å². The van der Waals surface area contributed by atoms with Gasteiger partial charge in [0.15, 0.2) is 0 Å². The number of hydrogen-bond donors (Lipinski definition) is 1. The fourth-order valence-corrected chi connectivity index (χ4v) is 1.67. The van der Waals surface area contributed by atoms with E-state index in [9.17, 15) is 4.39 Å². The van der Waals surface area contributed by atoms with Gasteiger partial charge in [-0.25, -0.2) is 4.39 Å². The van der Waals surface area contributed by atoms with E-state index < -0.39 is 6.17 Å². The maximum absolute atomic E-state index is 13.0. The third-order valence-electron chi connectivity index (χ3n) is 1.51. The number of rotatable bonds is 2. The third kappa shape index (κ3) is 2.19. The summed E-state index contributed by atoms with van der Waals surface area (Å²) in [6.45, 7) is -0.0403. The van der Waals surface area contributed by atoms with Crippen LogP contribution in [0.25, 0.3) is 0 Å². The van der Waals surface area contributed by atoms with Crippen molar-refractivity contribution in [2.75, 3.05) is 6.54 Å². The molecule has 0 aromatic heterocycles. The highest BCUT2D eigenvalue weighted by atomic mass is 79.9. The van der Waals surface area contributed by atoms with Crippen LogP contribution in [0.3, 0.4) is 0 Å². The molecule has 1 nitrogen and oxygen atoms in total. The Balaban J connectivity index is 3.01. The summed E-state index contributed by atoms with van der Waals surface area (Å²) >= 11 is 9.01. The Hall–Kier alpha value is -0.120. The quantitative estimate of drug-likeness (QED) is 0.860. The monoisotopic (exact) mass is 251 g/mol. The summed E-state index contributed by atoms with van der Waals surface area (Å²) in [5.41, 5.74) is 5.61. The molecule has 0 fully saturated rings. The van der Waals surface area contributed by atoms with Crippen LogP contribution in [0.15, 0.2) is 22.7 Å². The Kier molecular flexibility index (Phi) is 3.50. The van der Waals surface area contributed by atoms with Crippen LogP contribution in [0.1, 0.15) is 11.7 Å². The molecule has 0 amide bonds. The van der Waals surface area contributed by atoms with Gasteiger partial charge in [-0.15, -0.1) is 0 Å². The zero-order chi connectivity index (χ0) is 9.14. The summed E-state index contributed by atoms with van der Waals surface area (Å²) in [6.07, 6.45) is -1.18. The molecular weight excluding hydrogens is 244 g/mol. The Bertz CT molecular complexity index is 280. The Labute approximate surface area is 83.8 Å². The zero-order valence-electron chi connectivity index (χ0n) is 6.23. The van der Waals surface area contributed by atoms with Crippen LogP contribution >= 0.6 is 27.5 Å². The SMILES string of the molecule is NCC(F)c1ccc(Br)cc1Cl. The van der Waals surface area contributed by atoms with E-state index in [1.165, 1.54) is 0 Å². The number of benzene rings is 1. The van der Waals surface area contributed by atoms with E-state index in [0.29, 0.717) is 10.6 Å². The van der Waals surface area contributed by atoms with Crippen LogP contribution in [0, 0.1) is 0 Å². The molecule has 1 rings (SSSR count). The van der Waals surface area contributed by atoms with Crippen molar-refractivity contribution >= 4 is 27.5 Å². The molecular formula is C8H8BrClFN. The van der Waals surface area contributed by atoms with Crippen molar-refractivity contribution in [3.05, 3.63) is 33.3 Å². The molecule has 1 unspecified atom stereocenters. The van der Waals surface area contributed by atoms with Gasteiger partial charge in [0.2, 0.25) is 0 Å². The molecule has 1 aromatic carbocycles. The molecule has 0 spiro atoms. The van der Waals surface area contributed by atoms with Crippen LogP contribution in [0.2, 0.25) is 5.02 Å². The first-order chi connectivity index (χ1) is 5.65. The third-order valence-corrected chi connectivity index (χ3v) is 2.33. The van der Waals surface area contributed by atoms with E-state index in [2.05, 4.69) is 15.9 Å². The van der Waals surface area contributed by atoms with Crippen LogP contribution < -0.4 is 5.73 Å². The lowest BCUT2D eigenvalue weighted by atomic mass is 10.1. The second kappa shape index (κ2) is 4.21. The summed E-state index contributed by atoms with van der Waals surface area (Å²) in [6, 6.07) is 5.02. The highest BCUT2D eigenvalue weighted by molar-refractivity contribution is 9.10. The average Bonchev–Trinajstić information content (AvgIpc) is 2.03. The summed E-state index contributed by atoms with van der Waals surface area (Å²) in [4.78, 5) is 0. The predicted molar refractivity (Wildman–Crippen MR) is 52.1 cm³/mol. The van der Waals surface area contributed by atoms with E-state index in [-0.39, 0.29) is 6.54 Å². The Morgan fingerprint density at radius 1 is 1.58 bits per heavy atom. The van der Waals surface area contributed by atoms with Crippen molar-refractivity contribution < 1.29 is 4.39 Å². The standard InChI is InChI=1S/C8H8BrClFN/c9-5-1-2-6(7(10)3-5)8(11)4-12/h1-3,8H,4,12H2. The van der Waals surface area contributed by atoms with Crippen molar-refractivity contribution in [3.8, 4) is 0 Å². The first-order valence-electron chi connectivity index (χ1n) is 3.44. The molecule has 0 saturated heterocycles. The minimum absolute atomic E-state index is 0.0403. The molecule has 4 heteroatoms. The highest BCUT2D eigenvalue weighted by Crippen LogP contribution is 2.27. The van der Waals surface area contributed by atoms with Gasteiger partial charge in [-0.1, -0.05) is 33.6 Å². The van der Waals surface area contributed by atoms with Gasteiger partial charge >= 0.3 is 0 Å². The first-order valence-corrected chi connectivity index (χ1v) is 4.61. The second-order valence-corrected chi connectivity index (χ2v) is 3.69. The lowest BCUT2D eigenvalue weighted by Crippen LogP contribution is -2.07. The first kappa shape index (κ1) is 9.96. The normalized spacial score (nSPS) is 13.0. The van der Waals surface area contributed by atoms with Crippen molar-refractivity contribution in [1.82, 2.24) is 0 Å². The van der Waals surface area contributed by atoms with Gasteiger partial charge in [-0.05, 0) is 12.1 Å². The number of halogens is 3. The van der Waals surface area contributed by atoms with Crippen molar-refractivity contribution in [2.45, 2.75) is 6.17 Å². The van der Waals surface area contributed by atoms with Crippen molar-refractivity contribution in [1.29, 1.82) is 0 Å². The molecule has 2 N–H and O–H groups in total. The molecule has 1 aromatic rings. The smallest absolute Gasteiger partial charge is 0.139 e. The lowest BCUT2D eigenvalue weighted by molar-refractivity contribution is 0.353. The van der Waals surface area contributed by atoms with E-state index >= 15 is 0 Å². The number of hydrogen-bond acceptors (Lipinski definition) is 1. The van der Waals surface area contributed by atoms with Crippen LogP contribution in [-0.2, 0) is 0 Å². The number of alkyl halides is 1. The summed E-state index contributed by atoms with van der Waals surface area (Å²) in [7, 11) is 0. The summed E-state index contributed by atoms with van der Waals surface area (Å²) < 4.78 is 13.9. The van der Waals surface area contributed by atoms with Gasteiger partial charge < -0.3 is 5.73 Å². The van der Waals surface area contributed by atoms with E-state index in [4.69, 9.17) is 17.3 Å². The van der Waals surface area contributed by atoms with Gasteiger partial charge in [-0.3, -0.25) is 0 Å². The Morgan fingerprint density at radius 2 is 2.25 bits per heavy atom. The van der Waals surface area contributed by atoms with E-state index in [1.807, 2.05) is 0 Å². The second-order valence-electron chi connectivity index (χ2n) is 2.37. The molecule has 1 atom stereocenters. The molecule has 66 valence electrons. The molecule has 0 aliphatic rings. The lowest BCUT2D eigenvalue weighted by Gasteiger charge is -2.07. The van der Waals surface area contributed by atoms with Crippen LogP contribution in [0.4, 0.5) is 4.39 Å². The fraction of sp³-hybridized carbons (Fsp3) is 0.250. The topological polar surface area (TPSA) is 26.0 Å². The zero-order valence-corrected chi connectivity index (χ0v) is 8.57. The van der Waals surface area contributed by atoms with Gasteiger partial charge in [0.1, 0.15) is 6.17 Å². The summed E-state index contributed by atoms with van der Waals surface area (Å²) in [5.74, 6) is 0. The summed E-state index contributed by atoms with van der Waals surface area (Å²) in [5, 5.41) is 0.405. The fourth-order valence-electron chi connectivity index (χ4n) is 0.883. The van der Waals surface area contributed by atoms with Gasteiger partial charge in [0.05, 0.1) is 0 Å². The molecule has 0 radical (unpaired) electrons. The van der Waals surface area contributed by atoms with Crippen molar-refractivity contribution in [3.63, 3.8) is 0 Å². The molecule has 0 aliphatic carbocycles.